The van der Waals surface area contributed by atoms with Gasteiger partial charge in [-0.2, -0.15) is 0 Å². The standard InChI is InChI=1S/C23H24N2O5/c1-23(17-9-7-14-5-4-6-15(14)11-17)21(27)25(22(28)24-23)13-18(26)16-8-10-19(29-2)20(12-16)30-3/h7-12H,4-6,13H2,1-3H3,(H,24,28)/t23-/m0/s1. The number of hydrogen-bond donors (Lipinski definition) is 1. The number of rotatable bonds is 6. The summed E-state index contributed by atoms with van der Waals surface area (Å²) in [5.74, 6) is 0.105. The molecule has 2 aromatic rings. The zero-order valence-corrected chi connectivity index (χ0v) is 17.3. The van der Waals surface area contributed by atoms with Crippen LogP contribution in [-0.4, -0.2) is 43.4 Å². The molecule has 0 unspecified atom stereocenters. The molecule has 156 valence electrons. The second-order valence-corrected chi connectivity index (χ2v) is 7.78. The number of aryl methyl sites for hydroxylation is 2. The average molecular weight is 408 g/mol. The van der Waals surface area contributed by atoms with Gasteiger partial charge >= 0.3 is 6.03 Å². The van der Waals surface area contributed by atoms with Crippen molar-refractivity contribution in [3.8, 4) is 11.5 Å². The Kier molecular flexibility index (Phi) is 4.97. The Morgan fingerprint density at radius 2 is 1.77 bits per heavy atom. The molecule has 1 heterocycles. The van der Waals surface area contributed by atoms with Gasteiger partial charge < -0.3 is 14.8 Å². The van der Waals surface area contributed by atoms with Crippen molar-refractivity contribution in [3.05, 3.63) is 58.7 Å². The maximum Gasteiger partial charge on any atom is 0.325 e. The van der Waals surface area contributed by atoms with Crippen molar-refractivity contribution in [2.75, 3.05) is 20.8 Å². The van der Waals surface area contributed by atoms with Gasteiger partial charge in [0.15, 0.2) is 17.3 Å². The summed E-state index contributed by atoms with van der Waals surface area (Å²) in [5, 5.41) is 2.78. The zero-order chi connectivity index (χ0) is 21.5. The quantitative estimate of drug-likeness (QED) is 0.587. The van der Waals surface area contributed by atoms with Gasteiger partial charge in [0.25, 0.3) is 5.91 Å². The van der Waals surface area contributed by atoms with Crippen LogP contribution in [0.2, 0.25) is 0 Å². The van der Waals surface area contributed by atoms with E-state index in [0.717, 1.165) is 29.7 Å². The number of urea groups is 1. The van der Waals surface area contributed by atoms with Crippen LogP contribution in [0, 0.1) is 0 Å². The molecular weight excluding hydrogens is 384 g/mol. The van der Waals surface area contributed by atoms with Crippen LogP contribution in [0.3, 0.4) is 0 Å². The highest BCUT2D eigenvalue weighted by Gasteiger charge is 2.49. The van der Waals surface area contributed by atoms with Crippen LogP contribution in [0.5, 0.6) is 11.5 Å². The Morgan fingerprint density at radius 1 is 1.03 bits per heavy atom. The smallest absolute Gasteiger partial charge is 0.325 e. The second-order valence-electron chi connectivity index (χ2n) is 7.78. The number of imide groups is 1. The summed E-state index contributed by atoms with van der Waals surface area (Å²) in [4.78, 5) is 39.5. The summed E-state index contributed by atoms with van der Waals surface area (Å²) in [5.41, 5.74) is 2.39. The van der Waals surface area contributed by atoms with E-state index in [9.17, 15) is 14.4 Å². The Morgan fingerprint density at radius 3 is 2.50 bits per heavy atom. The molecule has 2 aliphatic rings. The van der Waals surface area contributed by atoms with E-state index in [2.05, 4.69) is 5.32 Å². The van der Waals surface area contributed by atoms with Crippen LogP contribution in [0.1, 0.15) is 40.4 Å². The minimum Gasteiger partial charge on any atom is -0.493 e. The number of carbonyl (C=O) groups is 3. The maximum absolute atomic E-state index is 13.2. The number of benzene rings is 2. The number of hydrogen-bond acceptors (Lipinski definition) is 5. The predicted molar refractivity (Wildman–Crippen MR) is 110 cm³/mol. The van der Waals surface area contributed by atoms with Crippen LogP contribution in [0.15, 0.2) is 36.4 Å². The van der Waals surface area contributed by atoms with E-state index < -0.39 is 17.5 Å². The van der Waals surface area contributed by atoms with Gasteiger partial charge in [-0.3, -0.25) is 14.5 Å². The SMILES string of the molecule is COc1ccc(C(=O)CN2C(=O)N[C@@](C)(c3ccc4c(c3)CCC4)C2=O)cc1OC. The lowest BCUT2D eigenvalue weighted by Gasteiger charge is -2.23. The third kappa shape index (κ3) is 3.20. The molecule has 0 bridgehead atoms. The van der Waals surface area contributed by atoms with E-state index in [4.69, 9.17) is 9.47 Å². The normalized spacial score (nSPS) is 20.2. The summed E-state index contributed by atoms with van der Waals surface area (Å²) < 4.78 is 10.4. The maximum atomic E-state index is 13.2. The van der Waals surface area contributed by atoms with Crippen LogP contribution in [-0.2, 0) is 23.2 Å². The number of carbonyl (C=O) groups excluding carboxylic acids is 3. The van der Waals surface area contributed by atoms with Crippen molar-refractivity contribution in [2.45, 2.75) is 31.7 Å². The lowest BCUT2D eigenvalue weighted by atomic mass is 9.89. The molecular formula is C23H24N2O5. The van der Waals surface area contributed by atoms with E-state index in [1.807, 2.05) is 18.2 Å². The fourth-order valence-corrected chi connectivity index (χ4v) is 4.16. The summed E-state index contributed by atoms with van der Waals surface area (Å²) in [7, 11) is 2.98. The predicted octanol–water partition coefficient (Wildman–Crippen LogP) is 2.84. The summed E-state index contributed by atoms with van der Waals surface area (Å²) in [6.07, 6.45) is 3.11. The largest absolute Gasteiger partial charge is 0.493 e. The van der Waals surface area contributed by atoms with E-state index in [1.54, 1.807) is 25.1 Å². The zero-order valence-electron chi connectivity index (χ0n) is 17.3. The van der Waals surface area contributed by atoms with Crippen molar-refractivity contribution >= 4 is 17.7 Å². The molecule has 1 aliphatic heterocycles. The van der Waals surface area contributed by atoms with Gasteiger partial charge in [0.05, 0.1) is 20.8 Å². The van der Waals surface area contributed by atoms with Crippen LogP contribution >= 0.6 is 0 Å². The number of nitrogens with zero attached hydrogens (tertiary/aromatic N) is 1. The minimum atomic E-state index is -1.19. The second kappa shape index (κ2) is 7.48. The number of Topliss-reactive ketones (excluding diaryl/α,β-unsaturated/α-hetero) is 1. The van der Waals surface area contributed by atoms with Crippen molar-refractivity contribution in [1.82, 2.24) is 10.2 Å². The third-order valence-corrected chi connectivity index (χ3v) is 5.96. The molecule has 4 rings (SSSR count). The lowest BCUT2D eigenvalue weighted by molar-refractivity contribution is -0.130. The van der Waals surface area contributed by atoms with E-state index in [-0.39, 0.29) is 12.3 Å². The summed E-state index contributed by atoms with van der Waals surface area (Å²) >= 11 is 0. The number of nitrogens with one attached hydrogen (secondary N) is 1. The van der Waals surface area contributed by atoms with Crippen molar-refractivity contribution in [3.63, 3.8) is 0 Å². The monoisotopic (exact) mass is 408 g/mol. The van der Waals surface area contributed by atoms with Gasteiger partial charge in [0.2, 0.25) is 0 Å². The molecule has 3 amide bonds. The first-order valence-electron chi connectivity index (χ1n) is 9.89. The molecule has 2 aromatic carbocycles. The van der Waals surface area contributed by atoms with Crippen molar-refractivity contribution < 1.29 is 23.9 Å². The minimum absolute atomic E-state index is 0.333. The highest BCUT2D eigenvalue weighted by atomic mass is 16.5. The van der Waals surface area contributed by atoms with Crippen molar-refractivity contribution in [2.24, 2.45) is 0 Å². The van der Waals surface area contributed by atoms with Gasteiger partial charge in [-0.15, -0.1) is 0 Å². The molecule has 1 fully saturated rings. The highest BCUT2D eigenvalue weighted by Crippen LogP contribution is 2.33. The molecule has 0 radical (unpaired) electrons. The Bertz CT molecular complexity index is 1050. The van der Waals surface area contributed by atoms with Gasteiger partial charge in [-0.05, 0) is 61.1 Å². The summed E-state index contributed by atoms with van der Waals surface area (Å²) in [6, 6.07) is 10.1. The first-order valence-corrected chi connectivity index (χ1v) is 9.89. The van der Waals surface area contributed by atoms with Crippen LogP contribution < -0.4 is 14.8 Å². The van der Waals surface area contributed by atoms with Gasteiger partial charge in [0.1, 0.15) is 5.54 Å². The lowest BCUT2D eigenvalue weighted by Crippen LogP contribution is -2.41. The topological polar surface area (TPSA) is 84.9 Å². The summed E-state index contributed by atoms with van der Waals surface area (Å²) in [6.45, 7) is 1.34. The average Bonchev–Trinajstić information content (AvgIpc) is 3.31. The van der Waals surface area contributed by atoms with E-state index in [0.29, 0.717) is 17.1 Å². The van der Waals surface area contributed by atoms with Gasteiger partial charge in [0, 0.05) is 5.56 Å². The molecule has 7 heteroatoms. The van der Waals surface area contributed by atoms with Crippen LogP contribution in [0.4, 0.5) is 4.79 Å². The van der Waals surface area contributed by atoms with E-state index >= 15 is 0 Å². The first kappa shape index (κ1) is 19.9. The number of methoxy groups -OCH3 is 2. The number of ether oxygens (including phenoxy) is 2. The molecule has 7 nitrogen and oxygen atoms in total. The highest BCUT2D eigenvalue weighted by molar-refractivity contribution is 6.11. The third-order valence-electron chi connectivity index (χ3n) is 5.96. The van der Waals surface area contributed by atoms with Crippen molar-refractivity contribution in [1.29, 1.82) is 0 Å². The molecule has 30 heavy (non-hydrogen) atoms. The van der Waals surface area contributed by atoms with Gasteiger partial charge in [-0.25, -0.2) is 4.79 Å². The molecule has 1 atom stereocenters. The molecule has 1 aliphatic carbocycles. The molecule has 0 spiro atoms. The van der Waals surface area contributed by atoms with Crippen LogP contribution in [0.25, 0.3) is 0 Å². The first-order chi connectivity index (χ1) is 14.4. The fourth-order valence-electron chi connectivity index (χ4n) is 4.16. The number of ketones is 1. The Balaban J connectivity index is 1.56. The number of amides is 3. The molecule has 1 N–H and O–H groups in total. The Hall–Kier alpha value is -3.35. The Labute approximate surface area is 175 Å². The molecule has 0 saturated carbocycles. The number of fused-ring (bicyclic) bond motifs is 1. The van der Waals surface area contributed by atoms with E-state index in [1.165, 1.54) is 25.3 Å². The van der Waals surface area contributed by atoms with Gasteiger partial charge in [-0.1, -0.05) is 18.2 Å². The fraction of sp³-hybridized carbons (Fsp3) is 0.348. The molecule has 0 aromatic heterocycles. The molecule has 1 saturated heterocycles.